The molecule has 9 heteroatoms. The van der Waals surface area contributed by atoms with E-state index in [9.17, 15) is 8.42 Å². The number of para-hydroxylation sites is 1. The molecule has 1 saturated carbocycles. The van der Waals surface area contributed by atoms with Crippen LogP contribution in [0.15, 0.2) is 51.0 Å². The summed E-state index contributed by atoms with van der Waals surface area (Å²) >= 11 is 1.20. The zero-order chi connectivity index (χ0) is 20.5. The molecule has 7 nitrogen and oxygen atoms in total. The molecule has 0 amide bonds. The lowest BCUT2D eigenvalue weighted by Crippen LogP contribution is -2.41. The molecule has 1 heterocycles. The Morgan fingerprint density at radius 3 is 2.72 bits per heavy atom. The zero-order valence-electron chi connectivity index (χ0n) is 16.6. The number of nitrogens with zero attached hydrogens (tertiary/aromatic N) is 1. The average Bonchev–Trinajstić information content (AvgIpc) is 3.37. The first kappa shape index (κ1) is 21.6. The highest BCUT2D eigenvalue weighted by atomic mass is 32.2. The quantitative estimate of drug-likeness (QED) is 0.286. The van der Waals surface area contributed by atoms with E-state index in [1.54, 1.807) is 17.5 Å². The number of nitrogens with one attached hydrogen (secondary N) is 3. The third-order valence-electron chi connectivity index (χ3n) is 4.37. The molecule has 1 aliphatic rings. The first-order valence-electron chi connectivity index (χ1n) is 9.84. The van der Waals surface area contributed by atoms with Gasteiger partial charge >= 0.3 is 0 Å². The van der Waals surface area contributed by atoms with Crippen LogP contribution in [0.1, 0.15) is 25.3 Å². The molecule has 1 aromatic heterocycles. The molecule has 0 atom stereocenters. The van der Waals surface area contributed by atoms with Crippen molar-refractivity contribution in [2.24, 2.45) is 10.9 Å². The lowest BCUT2D eigenvalue weighted by molar-refractivity contribution is 0.297. The molecule has 0 saturated heterocycles. The molecule has 2 aromatic rings. The van der Waals surface area contributed by atoms with Crippen molar-refractivity contribution in [3.8, 4) is 5.75 Å². The van der Waals surface area contributed by atoms with Gasteiger partial charge in [-0.25, -0.2) is 18.1 Å². The van der Waals surface area contributed by atoms with Crippen molar-refractivity contribution in [2.75, 3.05) is 26.2 Å². The minimum atomic E-state index is -3.44. The number of hydrogen-bond donors (Lipinski definition) is 3. The van der Waals surface area contributed by atoms with Crippen molar-refractivity contribution in [3.63, 3.8) is 0 Å². The smallest absolute Gasteiger partial charge is 0.250 e. The first-order chi connectivity index (χ1) is 14.1. The SMILES string of the molecule is CCNC(=NCc1ccccc1OCC1CC1)NCCNS(=O)(=O)c1cccs1. The van der Waals surface area contributed by atoms with E-state index >= 15 is 0 Å². The monoisotopic (exact) mass is 436 g/mol. The summed E-state index contributed by atoms with van der Waals surface area (Å²) in [5.74, 6) is 2.21. The van der Waals surface area contributed by atoms with Crippen molar-refractivity contribution in [1.82, 2.24) is 15.4 Å². The highest BCUT2D eigenvalue weighted by molar-refractivity contribution is 7.91. The van der Waals surface area contributed by atoms with Crippen molar-refractivity contribution in [1.29, 1.82) is 0 Å². The average molecular weight is 437 g/mol. The second kappa shape index (κ2) is 10.6. The van der Waals surface area contributed by atoms with Gasteiger partial charge in [-0.15, -0.1) is 11.3 Å². The summed E-state index contributed by atoms with van der Waals surface area (Å²) in [5, 5.41) is 8.09. The molecule has 0 radical (unpaired) electrons. The molecule has 0 bridgehead atoms. The molecular weight excluding hydrogens is 408 g/mol. The van der Waals surface area contributed by atoms with Crippen LogP contribution >= 0.6 is 11.3 Å². The van der Waals surface area contributed by atoms with Gasteiger partial charge in [0.25, 0.3) is 0 Å². The number of sulfonamides is 1. The number of hydrogen-bond acceptors (Lipinski definition) is 5. The Balaban J connectivity index is 1.50. The number of guanidine groups is 1. The van der Waals surface area contributed by atoms with Gasteiger partial charge in [0.1, 0.15) is 9.96 Å². The Labute approximate surface area is 176 Å². The molecule has 1 aliphatic carbocycles. The van der Waals surface area contributed by atoms with Crippen LogP contribution in [0.25, 0.3) is 0 Å². The van der Waals surface area contributed by atoms with E-state index in [4.69, 9.17) is 4.74 Å². The van der Waals surface area contributed by atoms with E-state index in [1.807, 2.05) is 31.2 Å². The Morgan fingerprint density at radius 2 is 2.00 bits per heavy atom. The van der Waals surface area contributed by atoms with E-state index in [0.29, 0.717) is 35.7 Å². The Bertz CT molecular complexity index is 894. The Morgan fingerprint density at radius 1 is 1.17 bits per heavy atom. The molecule has 0 aliphatic heterocycles. The number of thiophene rings is 1. The second-order valence-corrected chi connectivity index (χ2v) is 9.76. The predicted molar refractivity (Wildman–Crippen MR) is 117 cm³/mol. The summed E-state index contributed by atoms with van der Waals surface area (Å²) in [6.07, 6.45) is 2.51. The topological polar surface area (TPSA) is 91.8 Å². The van der Waals surface area contributed by atoms with Crippen LogP contribution in [0.3, 0.4) is 0 Å². The van der Waals surface area contributed by atoms with Crippen molar-refractivity contribution < 1.29 is 13.2 Å². The Kier molecular flexibility index (Phi) is 7.91. The summed E-state index contributed by atoms with van der Waals surface area (Å²) < 4.78 is 33.1. The Hall–Kier alpha value is -2.10. The summed E-state index contributed by atoms with van der Waals surface area (Å²) in [6, 6.07) is 11.3. The van der Waals surface area contributed by atoms with E-state index in [2.05, 4.69) is 20.3 Å². The molecule has 1 aromatic carbocycles. The van der Waals surface area contributed by atoms with Crippen molar-refractivity contribution >= 4 is 27.3 Å². The van der Waals surface area contributed by atoms with Crippen LogP contribution in [0, 0.1) is 5.92 Å². The molecule has 0 spiro atoms. The van der Waals surface area contributed by atoms with Gasteiger partial charge in [0.05, 0.1) is 13.2 Å². The number of ether oxygens (including phenoxy) is 1. The fourth-order valence-corrected chi connectivity index (χ4v) is 4.70. The minimum absolute atomic E-state index is 0.270. The summed E-state index contributed by atoms with van der Waals surface area (Å²) in [7, 11) is -3.44. The van der Waals surface area contributed by atoms with Gasteiger partial charge < -0.3 is 15.4 Å². The molecule has 158 valence electrons. The summed E-state index contributed by atoms with van der Waals surface area (Å²) in [5.41, 5.74) is 1.03. The molecule has 1 fully saturated rings. The van der Waals surface area contributed by atoms with Gasteiger partial charge in [-0.1, -0.05) is 24.3 Å². The van der Waals surface area contributed by atoms with Gasteiger partial charge in [0.15, 0.2) is 5.96 Å². The van der Waals surface area contributed by atoms with Gasteiger partial charge in [-0.2, -0.15) is 0 Å². The number of benzene rings is 1. The van der Waals surface area contributed by atoms with Gasteiger partial charge in [0.2, 0.25) is 10.0 Å². The predicted octanol–water partition coefficient (Wildman–Crippen LogP) is 2.57. The maximum atomic E-state index is 12.1. The third-order valence-corrected chi connectivity index (χ3v) is 7.22. The van der Waals surface area contributed by atoms with Gasteiger partial charge in [0, 0.05) is 25.2 Å². The standard InChI is InChI=1S/C20H28N4O3S2/c1-2-21-20(22-11-12-24-29(25,26)19-8-5-13-28-19)23-14-17-6-3-4-7-18(17)27-15-16-9-10-16/h3-8,13,16,24H,2,9-12,14-15H2,1H3,(H2,21,22,23). The molecule has 0 unspecified atom stereocenters. The van der Waals surface area contributed by atoms with E-state index in [1.165, 1.54) is 24.2 Å². The normalized spacial score (nSPS) is 14.6. The van der Waals surface area contributed by atoms with Gasteiger partial charge in [-0.05, 0) is 43.2 Å². The van der Waals surface area contributed by atoms with E-state index in [0.717, 1.165) is 17.9 Å². The van der Waals surface area contributed by atoms with Gasteiger partial charge in [-0.3, -0.25) is 0 Å². The van der Waals surface area contributed by atoms with Crippen molar-refractivity contribution in [3.05, 3.63) is 47.3 Å². The minimum Gasteiger partial charge on any atom is -0.493 e. The highest BCUT2D eigenvalue weighted by Crippen LogP contribution is 2.30. The number of rotatable bonds is 11. The fourth-order valence-electron chi connectivity index (χ4n) is 2.63. The first-order valence-corrected chi connectivity index (χ1v) is 12.2. The van der Waals surface area contributed by atoms with Crippen LogP contribution in [-0.2, 0) is 16.6 Å². The number of aliphatic imine (C=N–C) groups is 1. The van der Waals surface area contributed by atoms with Crippen LogP contribution < -0.4 is 20.1 Å². The zero-order valence-corrected chi connectivity index (χ0v) is 18.2. The lowest BCUT2D eigenvalue weighted by Gasteiger charge is -2.13. The van der Waals surface area contributed by atoms with Crippen LogP contribution in [0.4, 0.5) is 0 Å². The van der Waals surface area contributed by atoms with Crippen LogP contribution in [-0.4, -0.2) is 40.6 Å². The third kappa shape index (κ3) is 7.02. The maximum absolute atomic E-state index is 12.1. The van der Waals surface area contributed by atoms with E-state index in [-0.39, 0.29) is 6.54 Å². The van der Waals surface area contributed by atoms with Crippen molar-refractivity contribution in [2.45, 2.75) is 30.5 Å². The van der Waals surface area contributed by atoms with Crippen LogP contribution in [0.2, 0.25) is 0 Å². The summed E-state index contributed by atoms with van der Waals surface area (Å²) in [4.78, 5) is 4.61. The molecule has 3 N–H and O–H groups in total. The molecular formula is C20H28N4O3S2. The maximum Gasteiger partial charge on any atom is 0.250 e. The molecule has 29 heavy (non-hydrogen) atoms. The van der Waals surface area contributed by atoms with Crippen LogP contribution in [0.5, 0.6) is 5.75 Å². The van der Waals surface area contributed by atoms with E-state index < -0.39 is 10.0 Å². The lowest BCUT2D eigenvalue weighted by atomic mass is 10.2. The largest absolute Gasteiger partial charge is 0.493 e. The highest BCUT2D eigenvalue weighted by Gasteiger charge is 2.22. The summed E-state index contributed by atoms with van der Waals surface area (Å²) in [6.45, 7) is 4.65. The molecule has 3 rings (SSSR count). The second-order valence-electron chi connectivity index (χ2n) is 6.81. The fraction of sp³-hybridized carbons (Fsp3) is 0.450.